The van der Waals surface area contributed by atoms with Gasteiger partial charge >= 0.3 is 6.18 Å². The van der Waals surface area contributed by atoms with Gasteiger partial charge in [-0.15, -0.1) is 0 Å². The predicted molar refractivity (Wildman–Crippen MR) is 128 cm³/mol. The molecule has 1 aliphatic carbocycles. The molecule has 2 saturated heterocycles. The summed E-state index contributed by atoms with van der Waals surface area (Å²) in [4.78, 5) is 10.9. The van der Waals surface area contributed by atoms with Crippen molar-refractivity contribution in [2.75, 3.05) is 50.0 Å². The third kappa shape index (κ3) is 7.90. The minimum atomic E-state index is -4.45. The van der Waals surface area contributed by atoms with E-state index in [1.807, 2.05) is 0 Å². The highest BCUT2D eigenvalue weighted by molar-refractivity contribution is 7.89. The van der Waals surface area contributed by atoms with Crippen LogP contribution in [0.2, 0.25) is 5.02 Å². The number of anilines is 1. The standard InChI is InChI=1S/C23H34ClF3N4O3S/c24-20-14-28-22(29-15-20)30-7-3-18(4-8-30)21-13-19(21)5-11-34-16-17-1-9-31(10-2-17)35(32,33)12-6-23(25,26)27/h14-15,17-19,21H,1-13,16H2/t19-,21-/m1/s1. The summed E-state index contributed by atoms with van der Waals surface area (Å²) in [6.07, 6.45) is 3.40. The molecule has 0 radical (unpaired) electrons. The Kier molecular flexibility index (Phi) is 8.82. The Balaban J connectivity index is 1.07. The zero-order valence-corrected chi connectivity index (χ0v) is 21.4. The molecule has 0 unspecified atom stereocenters. The normalized spacial score (nSPS) is 25.2. The van der Waals surface area contributed by atoms with Crippen molar-refractivity contribution in [1.29, 1.82) is 0 Å². The van der Waals surface area contributed by atoms with Gasteiger partial charge in [-0.3, -0.25) is 0 Å². The number of sulfonamides is 1. The van der Waals surface area contributed by atoms with Crippen LogP contribution in [0.15, 0.2) is 12.4 Å². The number of aromatic nitrogens is 2. The van der Waals surface area contributed by atoms with E-state index in [4.69, 9.17) is 16.3 Å². The van der Waals surface area contributed by atoms with Gasteiger partial charge < -0.3 is 9.64 Å². The van der Waals surface area contributed by atoms with Crippen LogP contribution in [-0.4, -0.2) is 74.0 Å². The Hall–Kier alpha value is -1.17. The highest BCUT2D eigenvalue weighted by atomic mass is 35.5. The number of rotatable bonds is 10. The van der Waals surface area contributed by atoms with Gasteiger partial charge in [0, 0.05) is 39.4 Å². The molecule has 3 fully saturated rings. The van der Waals surface area contributed by atoms with Crippen LogP contribution in [0.25, 0.3) is 0 Å². The lowest BCUT2D eigenvalue weighted by atomic mass is 9.90. The monoisotopic (exact) mass is 538 g/mol. The van der Waals surface area contributed by atoms with E-state index in [1.54, 1.807) is 12.4 Å². The van der Waals surface area contributed by atoms with E-state index >= 15 is 0 Å². The summed E-state index contributed by atoms with van der Waals surface area (Å²) in [6.45, 7) is 3.79. The first-order valence-corrected chi connectivity index (χ1v) is 14.4. The number of piperidine rings is 2. The maximum absolute atomic E-state index is 12.4. The second-order valence-corrected chi connectivity index (χ2v) is 12.6. The molecule has 3 heterocycles. The molecule has 7 nitrogen and oxygen atoms in total. The fraction of sp³-hybridized carbons (Fsp3) is 0.826. The fourth-order valence-corrected chi connectivity index (χ4v) is 7.00. The quantitative estimate of drug-likeness (QED) is 0.411. The molecule has 4 rings (SSSR count). The number of alkyl halides is 3. The van der Waals surface area contributed by atoms with E-state index in [2.05, 4.69) is 14.9 Å². The Bertz CT molecular complexity index is 919. The molecular weight excluding hydrogens is 505 g/mol. The molecule has 0 amide bonds. The van der Waals surface area contributed by atoms with Crippen LogP contribution in [0.3, 0.4) is 0 Å². The van der Waals surface area contributed by atoms with Gasteiger partial charge in [0.2, 0.25) is 16.0 Å². The van der Waals surface area contributed by atoms with Gasteiger partial charge in [0.1, 0.15) is 0 Å². The van der Waals surface area contributed by atoms with Crippen molar-refractivity contribution in [3.63, 3.8) is 0 Å². The van der Waals surface area contributed by atoms with Crippen molar-refractivity contribution in [1.82, 2.24) is 14.3 Å². The molecule has 0 bridgehead atoms. The van der Waals surface area contributed by atoms with Gasteiger partial charge in [-0.1, -0.05) is 11.6 Å². The van der Waals surface area contributed by atoms with Crippen LogP contribution in [0, 0.1) is 23.7 Å². The van der Waals surface area contributed by atoms with Crippen LogP contribution in [0.5, 0.6) is 0 Å². The van der Waals surface area contributed by atoms with Crippen molar-refractivity contribution < 1.29 is 26.3 Å². The molecule has 3 aliphatic rings. The molecule has 35 heavy (non-hydrogen) atoms. The zero-order valence-electron chi connectivity index (χ0n) is 19.8. The predicted octanol–water partition coefficient (Wildman–Crippen LogP) is 4.38. The van der Waals surface area contributed by atoms with Crippen molar-refractivity contribution >= 4 is 27.6 Å². The summed E-state index contributed by atoms with van der Waals surface area (Å²) < 4.78 is 68.4. The molecule has 0 spiro atoms. The second-order valence-electron chi connectivity index (χ2n) is 10.1. The molecule has 1 aromatic heterocycles. The van der Waals surface area contributed by atoms with Crippen molar-refractivity contribution in [2.24, 2.45) is 23.7 Å². The lowest BCUT2D eigenvalue weighted by Crippen LogP contribution is -2.41. The smallest absolute Gasteiger partial charge is 0.381 e. The van der Waals surface area contributed by atoms with Gasteiger partial charge in [0.15, 0.2) is 0 Å². The van der Waals surface area contributed by atoms with Gasteiger partial charge in [-0.2, -0.15) is 13.2 Å². The average molecular weight is 539 g/mol. The summed E-state index contributed by atoms with van der Waals surface area (Å²) in [7, 11) is -3.85. The maximum atomic E-state index is 12.4. The first-order valence-electron chi connectivity index (χ1n) is 12.5. The van der Waals surface area contributed by atoms with E-state index in [9.17, 15) is 21.6 Å². The van der Waals surface area contributed by atoms with Crippen molar-refractivity contribution in [3.05, 3.63) is 17.4 Å². The van der Waals surface area contributed by atoms with Crippen molar-refractivity contribution in [2.45, 2.75) is 51.1 Å². The number of halogens is 4. The van der Waals surface area contributed by atoms with Gasteiger partial charge in [0.05, 0.1) is 29.6 Å². The molecule has 1 saturated carbocycles. The van der Waals surface area contributed by atoms with Crippen LogP contribution < -0.4 is 4.90 Å². The lowest BCUT2D eigenvalue weighted by molar-refractivity contribution is -0.130. The highest BCUT2D eigenvalue weighted by Gasteiger charge is 2.43. The molecule has 1 aromatic rings. The summed E-state index contributed by atoms with van der Waals surface area (Å²) in [5.74, 6) is 2.38. The summed E-state index contributed by atoms with van der Waals surface area (Å²) in [6, 6.07) is 0. The van der Waals surface area contributed by atoms with Crippen LogP contribution in [0.4, 0.5) is 19.1 Å². The van der Waals surface area contributed by atoms with Crippen LogP contribution in [0.1, 0.15) is 44.9 Å². The summed E-state index contributed by atoms with van der Waals surface area (Å²) in [5.41, 5.74) is 0. The van der Waals surface area contributed by atoms with Gasteiger partial charge in [0.25, 0.3) is 0 Å². The fourth-order valence-electron chi connectivity index (χ4n) is 5.39. The Morgan fingerprint density at radius 3 is 2.34 bits per heavy atom. The molecule has 0 aromatic carbocycles. The largest absolute Gasteiger partial charge is 0.390 e. The molecule has 2 aliphatic heterocycles. The third-order valence-electron chi connectivity index (χ3n) is 7.61. The van der Waals surface area contributed by atoms with E-state index in [1.165, 1.54) is 10.7 Å². The second kappa shape index (κ2) is 11.5. The average Bonchev–Trinajstić information content (AvgIpc) is 3.61. The maximum Gasteiger partial charge on any atom is 0.390 e. The molecule has 2 atom stereocenters. The van der Waals surface area contributed by atoms with E-state index in [0.717, 1.165) is 56.1 Å². The molecule has 12 heteroatoms. The Morgan fingerprint density at radius 1 is 1.06 bits per heavy atom. The third-order valence-corrected chi connectivity index (χ3v) is 9.68. The first-order chi connectivity index (χ1) is 16.6. The van der Waals surface area contributed by atoms with E-state index in [-0.39, 0.29) is 19.0 Å². The Labute approximate surface area is 210 Å². The van der Waals surface area contributed by atoms with Crippen LogP contribution >= 0.6 is 11.6 Å². The number of nitrogens with zero attached hydrogens (tertiary/aromatic N) is 4. The number of hydrogen-bond donors (Lipinski definition) is 0. The minimum Gasteiger partial charge on any atom is -0.381 e. The van der Waals surface area contributed by atoms with E-state index < -0.39 is 28.4 Å². The summed E-state index contributed by atoms with van der Waals surface area (Å²) in [5, 5.41) is 0.546. The van der Waals surface area contributed by atoms with Crippen molar-refractivity contribution in [3.8, 4) is 0 Å². The number of hydrogen-bond acceptors (Lipinski definition) is 6. The van der Waals surface area contributed by atoms with E-state index in [0.29, 0.717) is 31.1 Å². The number of ether oxygens (including phenoxy) is 1. The summed E-state index contributed by atoms with van der Waals surface area (Å²) >= 11 is 5.87. The highest BCUT2D eigenvalue weighted by Crippen LogP contribution is 2.49. The van der Waals surface area contributed by atoms with Gasteiger partial charge in [-0.25, -0.2) is 22.7 Å². The zero-order chi connectivity index (χ0) is 25.1. The Morgan fingerprint density at radius 2 is 1.71 bits per heavy atom. The minimum absolute atomic E-state index is 0.262. The SMILES string of the molecule is O=S(=O)(CCC(F)(F)F)N1CCC(COCC[C@@H]2C[C@@H]2C2CCN(c3ncc(Cl)cn3)CC2)CC1. The first kappa shape index (κ1) is 26.9. The molecule has 0 N–H and O–H groups in total. The topological polar surface area (TPSA) is 75.6 Å². The van der Waals surface area contributed by atoms with Crippen LogP contribution in [-0.2, 0) is 14.8 Å². The molecule has 198 valence electrons. The lowest BCUT2D eigenvalue weighted by Gasteiger charge is -2.32. The van der Waals surface area contributed by atoms with Gasteiger partial charge in [-0.05, 0) is 62.2 Å². The molecular formula is C23H34ClF3N4O3S.